The number of amides is 1. The van der Waals surface area contributed by atoms with Crippen LogP contribution in [0.5, 0.6) is 5.75 Å². The minimum Gasteiger partial charge on any atom is -0.484 e. The van der Waals surface area contributed by atoms with Gasteiger partial charge in [-0.1, -0.05) is 23.7 Å². The van der Waals surface area contributed by atoms with E-state index in [9.17, 15) is 9.18 Å². The Kier molecular flexibility index (Phi) is 6.12. The molecule has 0 spiro atoms. The molecule has 1 aliphatic heterocycles. The molecule has 4 nitrogen and oxygen atoms in total. The Morgan fingerprint density at radius 1 is 1.15 bits per heavy atom. The van der Waals surface area contributed by atoms with E-state index in [1.54, 1.807) is 36.4 Å². The summed E-state index contributed by atoms with van der Waals surface area (Å²) >= 11 is 5.84. The van der Waals surface area contributed by atoms with E-state index in [0.29, 0.717) is 17.3 Å². The van der Waals surface area contributed by atoms with Crippen LogP contribution >= 0.6 is 11.6 Å². The van der Waals surface area contributed by atoms with E-state index in [4.69, 9.17) is 16.3 Å². The Balaban J connectivity index is 1.49. The van der Waals surface area contributed by atoms with Crippen molar-refractivity contribution in [3.63, 3.8) is 0 Å². The quantitative estimate of drug-likeness (QED) is 0.799. The molecule has 0 bridgehead atoms. The summed E-state index contributed by atoms with van der Waals surface area (Å²) < 4.78 is 18.6. The van der Waals surface area contributed by atoms with Crippen molar-refractivity contribution >= 4 is 17.5 Å². The summed E-state index contributed by atoms with van der Waals surface area (Å²) in [5.74, 6) is 0.387. The van der Waals surface area contributed by atoms with Crippen molar-refractivity contribution in [2.75, 3.05) is 26.2 Å². The maximum Gasteiger partial charge on any atom is 0.260 e. The Labute approximate surface area is 158 Å². The average Bonchev–Trinajstić information content (AvgIpc) is 2.63. The summed E-state index contributed by atoms with van der Waals surface area (Å²) in [6.45, 7) is 5.04. The van der Waals surface area contributed by atoms with Crippen molar-refractivity contribution in [3.05, 3.63) is 64.9 Å². The summed E-state index contributed by atoms with van der Waals surface area (Å²) in [6.07, 6.45) is 0. The number of carbonyl (C=O) groups excluding carboxylic acids is 1. The van der Waals surface area contributed by atoms with E-state index >= 15 is 0 Å². The van der Waals surface area contributed by atoms with Crippen LogP contribution in [0.15, 0.2) is 48.5 Å². The van der Waals surface area contributed by atoms with Crippen molar-refractivity contribution in [1.82, 2.24) is 9.80 Å². The van der Waals surface area contributed by atoms with E-state index in [2.05, 4.69) is 4.90 Å². The molecule has 1 saturated heterocycles. The molecule has 138 valence electrons. The van der Waals surface area contributed by atoms with Crippen LogP contribution in [0.2, 0.25) is 5.02 Å². The predicted molar refractivity (Wildman–Crippen MR) is 99.8 cm³/mol. The lowest BCUT2D eigenvalue weighted by molar-refractivity contribution is -0.138. The van der Waals surface area contributed by atoms with Crippen molar-refractivity contribution in [2.24, 2.45) is 0 Å². The number of rotatable bonds is 5. The number of halogens is 2. The zero-order valence-electron chi connectivity index (χ0n) is 14.7. The highest BCUT2D eigenvalue weighted by molar-refractivity contribution is 6.30. The summed E-state index contributed by atoms with van der Waals surface area (Å²) in [4.78, 5) is 16.6. The molecule has 1 atom stereocenters. The van der Waals surface area contributed by atoms with Crippen LogP contribution in [-0.2, 0) is 11.3 Å². The van der Waals surface area contributed by atoms with Crippen molar-refractivity contribution in [1.29, 1.82) is 0 Å². The summed E-state index contributed by atoms with van der Waals surface area (Å²) in [7, 11) is 0. The largest absolute Gasteiger partial charge is 0.484 e. The van der Waals surface area contributed by atoms with E-state index in [1.807, 2.05) is 11.8 Å². The third-order valence-corrected chi connectivity index (χ3v) is 4.78. The minimum absolute atomic E-state index is 0.0178. The topological polar surface area (TPSA) is 32.8 Å². The predicted octanol–water partition coefficient (Wildman–Crippen LogP) is 3.59. The fraction of sp³-hybridized carbons (Fsp3) is 0.350. The smallest absolute Gasteiger partial charge is 0.260 e. The van der Waals surface area contributed by atoms with Crippen LogP contribution in [0.3, 0.4) is 0 Å². The van der Waals surface area contributed by atoms with Gasteiger partial charge in [-0.25, -0.2) is 4.39 Å². The zero-order chi connectivity index (χ0) is 18.5. The number of carbonyl (C=O) groups is 1. The second kappa shape index (κ2) is 8.52. The third-order valence-electron chi connectivity index (χ3n) is 4.53. The molecular formula is C20H22ClFN2O2. The van der Waals surface area contributed by atoms with Crippen LogP contribution in [0.4, 0.5) is 4.39 Å². The van der Waals surface area contributed by atoms with Gasteiger partial charge in [0.2, 0.25) is 0 Å². The van der Waals surface area contributed by atoms with Gasteiger partial charge in [0.1, 0.15) is 11.6 Å². The summed E-state index contributed by atoms with van der Waals surface area (Å²) in [6, 6.07) is 13.6. The van der Waals surface area contributed by atoms with Crippen molar-refractivity contribution in [3.8, 4) is 5.75 Å². The van der Waals surface area contributed by atoms with E-state index in [1.165, 1.54) is 12.1 Å². The van der Waals surface area contributed by atoms with E-state index < -0.39 is 0 Å². The van der Waals surface area contributed by atoms with E-state index in [0.717, 1.165) is 25.2 Å². The molecule has 26 heavy (non-hydrogen) atoms. The number of benzene rings is 2. The molecule has 0 aromatic heterocycles. The average molecular weight is 377 g/mol. The number of ether oxygens (including phenoxy) is 1. The fourth-order valence-corrected chi connectivity index (χ4v) is 3.28. The first kappa shape index (κ1) is 18.7. The van der Waals surface area contributed by atoms with Gasteiger partial charge in [-0.3, -0.25) is 9.69 Å². The SMILES string of the molecule is C[C@@H]1CN(Cc2ccc(F)cc2)CCN1C(=O)COc1ccc(Cl)cc1. The Bertz CT molecular complexity index is 736. The highest BCUT2D eigenvalue weighted by atomic mass is 35.5. The second-order valence-electron chi connectivity index (χ2n) is 6.54. The molecule has 2 aromatic carbocycles. The second-order valence-corrected chi connectivity index (χ2v) is 6.98. The van der Waals surface area contributed by atoms with Gasteiger partial charge in [0.15, 0.2) is 6.61 Å². The molecule has 0 saturated carbocycles. The van der Waals surface area contributed by atoms with Gasteiger partial charge in [0.25, 0.3) is 5.91 Å². The number of hydrogen-bond acceptors (Lipinski definition) is 3. The molecule has 1 heterocycles. The summed E-state index contributed by atoms with van der Waals surface area (Å²) in [5.41, 5.74) is 1.07. The molecule has 0 aliphatic carbocycles. The van der Waals surface area contributed by atoms with Crippen molar-refractivity contribution < 1.29 is 13.9 Å². The van der Waals surface area contributed by atoms with Gasteiger partial charge < -0.3 is 9.64 Å². The van der Waals surface area contributed by atoms with Gasteiger partial charge >= 0.3 is 0 Å². The molecule has 0 N–H and O–H groups in total. The molecule has 3 rings (SSSR count). The number of nitrogens with zero attached hydrogens (tertiary/aromatic N) is 2. The first-order valence-electron chi connectivity index (χ1n) is 8.66. The lowest BCUT2D eigenvalue weighted by atomic mass is 10.1. The number of hydrogen-bond donors (Lipinski definition) is 0. The first-order valence-corrected chi connectivity index (χ1v) is 9.04. The lowest BCUT2D eigenvalue weighted by Gasteiger charge is -2.39. The van der Waals surface area contributed by atoms with Crippen LogP contribution < -0.4 is 4.74 Å². The molecule has 0 unspecified atom stereocenters. The maximum absolute atomic E-state index is 13.0. The monoisotopic (exact) mass is 376 g/mol. The van der Waals surface area contributed by atoms with Gasteiger partial charge in [0, 0.05) is 37.2 Å². The first-order chi connectivity index (χ1) is 12.5. The van der Waals surface area contributed by atoms with Crippen LogP contribution in [0.25, 0.3) is 0 Å². The highest BCUT2D eigenvalue weighted by Crippen LogP contribution is 2.17. The van der Waals surface area contributed by atoms with Crippen LogP contribution in [-0.4, -0.2) is 48.0 Å². The van der Waals surface area contributed by atoms with Gasteiger partial charge in [-0.05, 0) is 48.9 Å². The van der Waals surface area contributed by atoms with Gasteiger partial charge in [0.05, 0.1) is 0 Å². The minimum atomic E-state index is -0.224. The molecule has 1 fully saturated rings. The normalized spacial score (nSPS) is 18.0. The summed E-state index contributed by atoms with van der Waals surface area (Å²) in [5, 5.41) is 0.634. The van der Waals surface area contributed by atoms with Crippen LogP contribution in [0.1, 0.15) is 12.5 Å². The Morgan fingerprint density at radius 2 is 1.85 bits per heavy atom. The molecule has 1 aliphatic rings. The number of piperazine rings is 1. The maximum atomic E-state index is 13.0. The molecule has 6 heteroatoms. The fourth-order valence-electron chi connectivity index (χ4n) is 3.15. The Morgan fingerprint density at radius 3 is 2.50 bits per heavy atom. The Hall–Kier alpha value is -2.11. The van der Waals surface area contributed by atoms with Gasteiger partial charge in [-0.2, -0.15) is 0 Å². The van der Waals surface area contributed by atoms with Gasteiger partial charge in [-0.15, -0.1) is 0 Å². The van der Waals surface area contributed by atoms with Crippen LogP contribution in [0, 0.1) is 5.82 Å². The molecular weight excluding hydrogens is 355 g/mol. The third kappa shape index (κ3) is 4.96. The highest BCUT2D eigenvalue weighted by Gasteiger charge is 2.27. The molecule has 0 radical (unpaired) electrons. The standard InChI is InChI=1S/C20H22ClFN2O2/c1-15-12-23(13-16-2-6-18(22)7-3-16)10-11-24(15)20(25)14-26-19-8-4-17(21)5-9-19/h2-9,15H,10-14H2,1H3/t15-/m1/s1. The van der Waals surface area contributed by atoms with E-state index in [-0.39, 0.29) is 24.4 Å². The zero-order valence-corrected chi connectivity index (χ0v) is 15.5. The lowest BCUT2D eigenvalue weighted by Crippen LogP contribution is -2.54. The molecule has 2 aromatic rings. The molecule has 1 amide bonds. The van der Waals surface area contributed by atoms with Crippen molar-refractivity contribution in [2.45, 2.75) is 19.5 Å².